The van der Waals surface area contributed by atoms with Gasteiger partial charge >= 0.3 is 5.69 Å². The molecule has 0 saturated heterocycles. The number of imidazole rings is 1. The van der Waals surface area contributed by atoms with Crippen molar-refractivity contribution >= 4 is 44.8 Å². The summed E-state index contributed by atoms with van der Waals surface area (Å²) in [4.78, 5) is 33.2. The monoisotopic (exact) mass is 491 g/mol. The zero-order valence-corrected chi connectivity index (χ0v) is 19.2. The molecule has 0 saturated carbocycles. The Morgan fingerprint density at radius 2 is 1.78 bits per heavy atom. The molecule has 0 bridgehead atoms. The number of hydrogen-bond donors (Lipinski definition) is 0. The first-order valence-corrected chi connectivity index (χ1v) is 11.3. The molecule has 0 spiro atoms. The average molecular weight is 492 g/mol. The van der Waals surface area contributed by atoms with Gasteiger partial charge in [0.1, 0.15) is 0 Å². The van der Waals surface area contributed by atoms with E-state index in [0.717, 1.165) is 28.7 Å². The molecule has 1 aliphatic heterocycles. The number of anilines is 2. The van der Waals surface area contributed by atoms with Crippen LogP contribution in [-0.4, -0.2) is 25.2 Å². The molecule has 4 aromatic rings. The molecule has 0 N–H and O–H groups in total. The highest BCUT2D eigenvalue weighted by molar-refractivity contribution is 9.10. The molecule has 0 radical (unpaired) electrons. The predicted molar refractivity (Wildman–Crippen MR) is 130 cm³/mol. The molecule has 32 heavy (non-hydrogen) atoms. The van der Waals surface area contributed by atoms with Crippen LogP contribution in [0, 0.1) is 0 Å². The molecule has 7 nitrogen and oxygen atoms in total. The fourth-order valence-electron chi connectivity index (χ4n) is 4.15. The highest BCUT2D eigenvalue weighted by Gasteiger charge is 2.26. The second-order valence-corrected chi connectivity index (χ2v) is 8.70. The predicted octanol–water partition coefficient (Wildman–Crippen LogP) is 3.91. The quantitative estimate of drug-likeness (QED) is 0.434. The smallest absolute Gasteiger partial charge is 0.312 e. The van der Waals surface area contributed by atoms with Crippen molar-refractivity contribution in [3.05, 3.63) is 91.5 Å². The Bertz CT molecular complexity index is 1430. The fraction of sp³-hybridized carbons (Fsp3) is 0.208. The van der Waals surface area contributed by atoms with Crippen molar-refractivity contribution < 1.29 is 0 Å². The van der Waals surface area contributed by atoms with Gasteiger partial charge in [0, 0.05) is 36.8 Å². The molecule has 0 amide bonds. The Morgan fingerprint density at radius 1 is 1.03 bits per heavy atom. The lowest BCUT2D eigenvalue weighted by molar-refractivity contribution is 0.598. The van der Waals surface area contributed by atoms with Gasteiger partial charge in [0.2, 0.25) is 5.95 Å². The normalized spacial score (nSPS) is 13.8. The number of fused-ring (bicyclic) bond motifs is 3. The van der Waals surface area contributed by atoms with Crippen molar-refractivity contribution in [3.8, 4) is 0 Å². The first-order valence-electron chi connectivity index (χ1n) is 10.5. The van der Waals surface area contributed by atoms with Gasteiger partial charge in [-0.05, 0) is 36.2 Å². The minimum Gasteiger partial charge on any atom is -0.312 e. The summed E-state index contributed by atoms with van der Waals surface area (Å²) >= 11 is 3.47. The summed E-state index contributed by atoms with van der Waals surface area (Å²) in [5, 5.41) is 0. The van der Waals surface area contributed by atoms with Crippen LogP contribution in [0.25, 0.3) is 17.2 Å². The van der Waals surface area contributed by atoms with Crippen LogP contribution in [0.5, 0.6) is 0 Å². The van der Waals surface area contributed by atoms with E-state index in [2.05, 4.69) is 20.8 Å². The Morgan fingerprint density at radius 3 is 2.53 bits per heavy atom. The molecule has 3 heterocycles. The van der Waals surface area contributed by atoms with Crippen LogP contribution in [-0.2, 0) is 20.1 Å². The van der Waals surface area contributed by atoms with Crippen LogP contribution < -0.4 is 16.1 Å². The molecule has 1 aliphatic rings. The second-order valence-electron chi connectivity index (χ2n) is 7.79. The highest BCUT2D eigenvalue weighted by Crippen LogP contribution is 2.31. The maximum Gasteiger partial charge on any atom is 0.332 e. The van der Waals surface area contributed by atoms with Gasteiger partial charge < -0.3 is 9.47 Å². The molecular formula is C24H22BrN5O2. The molecule has 2 aromatic carbocycles. The summed E-state index contributed by atoms with van der Waals surface area (Å²) in [6.45, 7) is 1.69. The zero-order valence-electron chi connectivity index (χ0n) is 17.6. The van der Waals surface area contributed by atoms with Crippen LogP contribution in [0.3, 0.4) is 0 Å². The SMILES string of the molecule is Cn1c(=O)n(CC=Cc2ccccc2)c(=O)c2c1nc1n2CCCN1c1ccc(Br)cc1. The van der Waals surface area contributed by atoms with Gasteiger partial charge in [-0.2, -0.15) is 4.98 Å². The first-order chi connectivity index (χ1) is 15.5. The zero-order chi connectivity index (χ0) is 22.2. The summed E-state index contributed by atoms with van der Waals surface area (Å²) < 4.78 is 5.69. The van der Waals surface area contributed by atoms with Crippen molar-refractivity contribution in [2.75, 3.05) is 11.4 Å². The highest BCUT2D eigenvalue weighted by atomic mass is 79.9. The van der Waals surface area contributed by atoms with Gasteiger partial charge in [0.15, 0.2) is 11.2 Å². The summed E-state index contributed by atoms with van der Waals surface area (Å²) in [6, 6.07) is 17.8. The Labute approximate surface area is 193 Å². The number of halogens is 1. The van der Waals surface area contributed by atoms with Gasteiger partial charge in [0.25, 0.3) is 5.56 Å². The number of benzene rings is 2. The lowest BCUT2D eigenvalue weighted by Crippen LogP contribution is -2.39. The summed E-state index contributed by atoms with van der Waals surface area (Å²) in [6.07, 6.45) is 4.63. The maximum absolute atomic E-state index is 13.4. The van der Waals surface area contributed by atoms with Gasteiger partial charge in [-0.1, -0.05) is 58.4 Å². The summed E-state index contributed by atoms with van der Waals surface area (Å²) in [5.74, 6) is 0.693. The molecule has 5 rings (SSSR count). The molecule has 8 heteroatoms. The van der Waals surface area contributed by atoms with Crippen LogP contribution in [0.15, 0.2) is 74.7 Å². The molecule has 0 aliphatic carbocycles. The second kappa shape index (κ2) is 8.27. The van der Waals surface area contributed by atoms with E-state index in [0.29, 0.717) is 23.7 Å². The average Bonchev–Trinajstić information content (AvgIpc) is 3.21. The van der Waals surface area contributed by atoms with Crippen LogP contribution >= 0.6 is 15.9 Å². The van der Waals surface area contributed by atoms with Gasteiger partial charge in [-0.25, -0.2) is 4.79 Å². The third-order valence-electron chi connectivity index (χ3n) is 5.75. The summed E-state index contributed by atoms with van der Waals surface area (Å²) in [7, 11) is 1.67. The third-order valence-corrected chi connectivity index (χ3v) is 6.28. The molecule has 0 atom stereocenters. The van der Waals surface area contributed by atoms with E-state index in [1.807, 2.05) is 71.3 Å². The van der Waals surface area contributed by atoms with Gasteiger partial charge in [-0.3, -0.25) is 13.9 Å². The molecule has 162 valence electrons. The van der Waals surface area contributed by atoms with Crippen molar-refractivity contribution in [2.45, 2.75) is 19.5 Å². The summed E-state index contributed by atoms with van der Waals surface area (Å²) in [5.41, 5.74) is 2.23. The standard InChI is InChI=1S/C24H22BrN5O2/c1-27-21-20(22(31)30(24(27)32)14-5-9-17-7-3-2-4-8-17)29-16-6-15-28(23(29)26-21)19-12-10-18(25)11-13-19/h2-5,7-13H,6,14-16H2,1H3. The Hall–Kier alpha value is -3.39. The van der Waals surface area contributed by atoms with E-state index >= 15 is 0 Å². The number of allylic oxidation sites excluding steroid dienone is 1. The van der Waals surface area contributed by atoms with Gasteiger partial charge in [-0.15, -0.1) is 0 Å². The largest absolute Gasteiger partial charge is 0.332 e. The number of aromatic nitrogens is 4. The topological polar surface area (TPSA) is 65.1 Å². The van der Waals surface area contributed by atoms with E-state index < -0.39 is 0 Å². The number of aryl methyl sites for hydroxylation is 2. The Kier molecular flexibility index (Phi) is 5.30. The fourth-order valence-corrected chi connectivity index (χ4v) is 4.41. The Balaban J connectivity index is 1.60. The van der Waals surface area contributed by atoms with E-state index in [4.69, 9.17) is 4.98 Å². The number of hydrogen-bond acceptors (Lipinski definition) is 4. The van der Waals surface area contributed by atoms with E-state index in [1.54, 1.807) is 7.05 Å². The lowest BCUT2D eigenvalue weighted by atomic mass is 10.2. The minimum absolute atomic E-state index is 0.202. The van der Waals surface area contributed by atoms with E-state index in [1.165, 1.54) is 9.13 Å². The van der Waals surface area contributed by atoms with Crippen molar-refractivity contribution in [1.82, 2.24) is 18.7 Å². The molecule has 0 unspecified atom stereocenters. The molecular weight excluding hydrogens is 470 g/mol. The van der Waals surface area contributed by atoms with E-state index in [-0.39, 0.29) is 17.8 Å². The lowest BCUT2D eigenvalue weighted by Gasteiger charge is -2.29. The third kappa shape index (κ3) is 3.50. The molecule has 0 fully saturated rings. The van der Waals surface area contributed by atoms with Crippen LogP contribution in [0.2, 0.25) is 0 Å². The van der Waals surface area contributed by atoms with Crippen LogP contribution in [0.4, 0.5) is 11.6 Å². The van der Waals surface area contributed by atoms with Crippen molar-refractivity contribution in [2.24, 2.45) is 7.05 Å². The van der Waals surface area contributed by atoms with Crippen molar-refractivity contribution in [1.29, 1.82) is 0 Å². The van der Waals surface area contributed by atoms with Crippen LogP contribution in [0.1, 0.15) is 12.0 Å². The minimum atomic E-state index is -0.370. The first kappa shape index (κ1) is 20.5. The number of rotatable bonds is 4. The van der Waals surface area contributed by atoms with Gasteiger partial charge in [0.05, 0.1) is 0 Å². The van der Waals surface area contributed by atoms with Crippen molar-refractivity contribution in [3.63, 3.8) is 0 Å². The molecule has 2 aromatic heterocycles. The van der Waals surface area contributed by atoms with E-state index in [9.17, 15) is 9.59 Å². The number of nitrogens with zero attached hydrogens (tertiary/aromatic N) is 5. The maximum atomic E-state index is 13.4.